The molecule has 49 heavy (non-hydrogen) atoms. The number of carbonyl (C=O) groups excluding carboxylic acids is 4. The Hall–Kier alpha value is -1.32. The molecule has 0 saturated carbocycles. The van der Waals surface area contributed by atoms with Crippen molar-refractivity contribution in [3.05, 3.63) is 0 Å². The van der Waals surface area contributed by atoms with E-state index in [4.69, 9.17) is 0 Å². The monoisotopic (exact) mass is 800 g/mol. The Labute approximate surface area is 317 Å². The van der Waals surface area contributed by atoms with Crippen LogP contribution in [0.25, 0.3) is 0 Å². The van der Waals surface area contributed by atoms with E-state index in [1.54, 1.807) is 0 Å². The SMILES string of the molecule is CCCCC(CCCC)(C(=O)[O-])C(CCCC)(CCCC)C(=O)[O-].CCCCC(CCCC)(C(=O)[O-])C(CCCC)(CCCC)C(=O)[O-].[Sn+4]. The molecule has 8 nitrogen and oxygen atoms in total. The van der Waals surface area contributed by atoms with Crippen LogP contribution in [0.4, 0.5) is 0 Å². The Morgan fingerprint density at radius 1 is 0.306 bits per heavy atom. The van der Waals surface area contributed by atoms with E-state index in [-0.39, 0.29) is 23.9 Å². The molecule has 0 amide bonds. The van der Waals surface area contributed by atoms with Crippen LogP contribution in [-0.2, 0) is 19.2 Å². The van der Waals surface area contributed by atoms with Crippen molar-refractivity contribution in [3.8, 4) is 0 Å². The maximum atomic E-state index is 12.3. The molecule has 0 aromatic carbocycles. The Morgan fingerprint density at radius 3 is 0.469 bits per heavy atom. The molecule has 0 aliphatic rings. The first-order valence-electron chi connectivity index (χ1n) is 19.6. The van der Waals surface area contributed by atoms with E-state index in [2.05, 4.69) is 0 Å². The van der Waals surface area contributed by atoms with Crippen LogP contribution in [0.1, 0.15) is 209 Å². The number of aliphatic carboxylic acids is 4. The van der Waals surface area contributed by atoms with Gasteiger partial charge in [-0.25, -0.2) is 0 Å². The van der Waals surface area contributed by atoms with Crippen LogP contribution < -0.4 is 20.4 Å². The van der Waals surface area contributed by atoms with E-state index in [1.165, 1.54) is 0 Å². The van der Waals surface area contributed by atoms with Gasteiger partial charge in [-0.05, 0) is 51.4 Å². The van der Waals surface area contributed by atoms with Crippen LogP contribution in [0.2, 0.25) is 0 Å². The quantitative estimate of drug-likeness (QED) is 0.0794. The predicted molar refractivity (Wildman–Crippen MR) is 192 cm³/mol. The maximum Gasteiger partial charge on any atom is 4.00 e. The third-order valence-corrected chi connectivity index (χ3v) is 11.1. The second kappa shape index (κ2) is 28.3. The Morgan fingerprint density at radius 2 is 0.408 bits per heavy atom. The smallest absolute Gasteiger partial charge is 0.550 e. The molecule has 0 radical (unpaired) electrons. The summed E-state index contributed by atoms with van der Waals surface area (Å²) in [6.45, 7) is 16.0. The molecule has 0 N–H and O–H groups in total. The van der Waals surface area contributed by atoms with E-state index >= 15 is 0 Å². The minimum Gasteiger partial charge on any atom is -0.550 e. The first-order chi connectivity index (χ1) is 22.8. The van der Waals surface area contributed by atoms with Gasteiger partial charge in [0.2, 0.25) is 0 Å². The molecule has 0 aliphatic carbocycles. The van der Waals surface area contributed by atoms with Gasteiger partial charge in [-0.3, -0.25) is 0 Å². The summed E-state index contributed by atoms with van der Waals surface area (Å²) in [5, 5.41) is 49.2. The van der Waals surface area contributed by atoms with E-state index in [0.29, 0.717) is 103 Å². The molecule has 284 valence electrons. The van der Waals surface area contributed by atoms with E-state index in [0.717, 1.165) is 51.4 Å². The molecule has 9 heteroatoms. The van der Waals surface area contributed by atoms with Crippen molar-refractivity contribution < 1.29 is 39.6 Å². The molecule has 0 atom stereocenters. The largest absolute Gasteiger partial charge is 4.00 e. The van der Waals surface area contributed by atoms with Gasteiger partial charge >= 0.3 is 23.9 Å². The molecular weight excluding hydrogens is 727 g/mol. The number of rotatable bonds is 30. The molecule has 0 spiro atoms. The summed E-state index contributed by atoms with van der Waals surface area (Å²) < 4.78 is 0. The molecule has 0 rings (SSSR count). The number of carboxylic acid groups (broad SMARTS) is 4. The molecule has 0 heterocycles. The summed E-state index contributed by atoms with van der Waals surface area (Å²) in [5.41, 5.74) is -5.27. The zero-order valence-electron chi connectivity index (χ0n) is 32.7. The van der Waals surface area contributed by atoms with Crippen LogP contribution in [0.3, 0.4) is 0 Å². The zero-order chi connectivity index (χ0) is 37.3. The first kappa shape index (κ1) is 52.0. The fraction of sp³-hybridized carbons (Fsp3) is 0.900. The van der Waals surface area contributed by atoms with Gasteiger partial charge in [-0.2, -0.15) is 0 Å². The topological polar surface area (TPSA) is 161 Å². The van der Waals surface area contributed by atoms with Gasteiger partial charge in [0, 0.05) is 45.5 Å². The zero-order valence-corrected chi connectivity index (χ0v) is 35.6. The van der Waals surface area contributed by atoms with Crippen molar-refractivity contribution in [1.82, 2.24) is 0 Å². The standard InChI is InChI=1S/2C20H38O4.Sn/c2*1-5-9-13-19(17(21)22,14-10-6-2)20(18(23)24,15-11-7-3)16-12-8-4;/h2*5-16H2,1-4H3,(H,21,22)(H,23,24);/q;;+4/p-4. The van der Waals surface area contributed by atoms with Crippen molar-refractivity contribution in [3.63, 3.8) is 0 Å². The van der Waals surface area contributed by atoms with Gasteiger partial charge in [0.1, 0.15) is 0 Å². The van der Waals surface area contributed by atoms with Crippen molar-refractivity contribution in [2.24, 2.45) is 21.7 Å². The van der Waals surface area contributed by atoms with Crippen LogP contribution in [0, 0.1) is 21.7 Å². The van der Waals surface area contributed by atoms with Crippen molar-refractivity contribution >= 4 is 47.8 Å². The van der Waals surface area contributed by atoms with Crippen molar-refractivity contribution in [1.29, 1.82) is 0 Å². The second-order valence-electron chi connectivity index (χ2n) is 14.3. The first-order valence-corrected chi connectivity index (χ1v) is 19.6. The third kappa shape index (κ3) is 14.3. The van der Waals surface area contributed by atoms with Gasteiger partial charge in [0.25, 0.3) is 0 Å². The molecule has 0 bridgehead atoms. The average molecular weight is 800 g/mol. The normalized spacial score (nSPS) is 12.1. The number of hydrogen-bond donors (Lipinski definition) is 0. The number of carbonyl (C=O) groups is 4. The van der Waals surface area contributed by atoms with Gasteiger partial charge in [0.15, 0.2) is 0 Å². The summed E-state index contributed by atoms with van der Waals surface area (Å²) >= 11 is 0. The Balaban J connectivity index is -0.000000846. The fourth-order valence-corrected chi connectivity index (χ4v) is 7.84. The van der Waals surface area contributed by atoms with Gasteiger partial charge < -0.3 is 39.6 Å². The summed E-state index contributed by atoms with van der Waals surface area (Å²) in [7, 11) is 0. The minimum atomic E-state index is -1.32. The fourth-order valence-electron chi connectivity index (χ4n) is 7.84. The second-order valence-corrected chi connectivity index (χ2v) is 14.3. The van der Waals surface area contributed by atoms with E-state index in [9.17, 15) is 39.6 Å². The number of unbranched alkanes of at least 4 members (excludes halogenated alkanes) is 8. The van der Waals surface area contributed by atoms with E-state index < -0.39 is 45.5 Å². The van der Waals surface area contributed by atoms with Crippen LogP contribution in [-0.4, -0.2) is 47.8 Å². The molecule has 0 saturated heterocycles. The van der Waals surface area contributed by atoms with Crippen LogP contribution in [0.15, 0.2) is 0 Å². The van der Waals surface area contributed by atoms with Crippen LogP contribution >= 0.6 is 0 Å². The summed E-state index contributed by atoms with van der Waals surface area (Å²) in [6.07, 6.45) is 15.3. The number of carboxylic acids is 4. The Bertz CT molecular complexity index is 727. The van der Waals surface area contributed by atoms with E-state index in [1.807, 2.05) is 55.4 Å². The number of hydrogen-bond acceptors (Lipinski definition) is 8. The van der Waals surface area contributed by atoms with Crippen molar-refractivity contribution in [2.75, 3.05) is 0 Å². The third-order valence-electron chi connectivity index (χ3n) is 11.1. The molecule has 0 aromatic rings. The van der Waals surface area contributed by atoms with Crippen LogP contribution in [0.5, 0.6) is 0 Å². The molecule has 0 unspecified atom stereocenters. The minimum absolute atomic E-state index is 0. The van der Waals surface area contributed by atoms with Crippen molar-refractivity contribution in [2.45, 2.75) is 209 Å². The maximum absolute atomic E-state index is 12.3. The molecular formula is C40H72O8Sn. The predicted octanol–water partition coefficient (Wildman–Crippen LogP) is 6.06. The average Bonchev–Trinajstić information content (AvgIpc) is 3.05. The van der Waals surface area contributed by atoms with Gasteiger partial charge in [-0.1, -0.05) is 158 Å². The van der Waals surface area contributed by atoms with Gasteiger partial charge in [-0.15, -0.1) is 0 Å². The molecule has 0 aromatic heterocycles. The molecule has 0 aliphatic heterocycles. The Kier molecular flexibility index (Phi) is 30.0. The van der Waals surface area contributed by atoms with Gasteiger partial charge in [0.05, 0.1) is 0 Å². The summed E-state index contributed by atoms with van der Waals surface area (Å²) in [4.78, 5) is 49.2. The summed E-state index contributed by atoms with van der Waals surface area (Å²) in [5.74, 6) is -4.77. The molecule has 0 fully saturated rings. The summed E-state index contributed by atoms with van der Waals surface area (Å²) in [6, 6.07) is 0.